The zero-order valence-electron chi connectivity index (χ0n) is 16.9. The number of nitrogens with one attached hydrogen (secondary N) is 1. The molecule has 2 aromatic rings. The molecule has 0 fully saturated rings. The van der Waals surface area contributed by atoms with Crippen molar-refractivity contribution >= 4 is 23.2 Å². The summed E-state index contributed by atoms with van der Waals surface area (Å²) in [4.78, 5) is 27.1. The lowest BCUT2D eigenvalue weighted by Crippen LogP contribution is -2.49. The molecule has 7 heteroatoms. The van der Waals surface area contributed by atoms with Crippen LogP contribution in [0.2, 0.25) is 0 Å². The summed E-state index contributed by atoms with van der Waals surface area (Å²) in [6.45, 7) is 6.65. The van der Waals surface area contributed by atoms with Gasteiger partial charge in [-0.25, -0.2) is 0 Å². The van der Waals surface area contributed by atoms with Crippen molar-refractivity contribution in [3.63, 3.8) is 0 Å². The smallest absolute Gasteiger partial charge is 0.255 e. The zero-order chi connectivity index (χ0) is 21.7. The monoisotopic (exact) mass is 426 g/mol. The summed E-state index contributed by atoms with van der Waals surface area (Å²) >= 11 is 1.50. The van der Waals surface area contributed by atoms with Crippen LogP contribution in [-0.4, -0.2) is 39.1 Å². The standard InChI is InChI=1S/C23H26N2O4S/c1-3-6-15(2)9-16-10-19(30-14-16)11-24-22(28)20(26)21(27)23(29)25-12-17-7-4-5-8-18(17)13-25/h3-8,10,14,20-21,26-27H,1,9,11-13H2,2H3,(H,24,28)/b15-6+/t20-,21-/m1/s1. The van der Waals surface area contributed by atoms with Crippen LogP contribution in [0.4, 0.5) is 0 Å². The summed E-state index contributed by atoms with van der Waals surface area (Å²) in [5.41, 5.74) is 4.32. The van der Waals surface area contributed by atoms with Gasteiger partial charge in [0.05, 0.1) is 6.54 Å². The predicted molar refractivity (Wildman–Crippen MR) is 117 cm³/mol. The first-order valence-electron chi connectivity index (χ1n) is 9.73. The van der Waals surface area contributed by atoms with E-state index < -0.39 is 24.0 Å². The third-order valence-electron chi connectivity index (χ3n) is 5.00. The van der Waals surface area contributed by atoms with Gasteiger partial charge < -0.3 is 20.4 Å². The van der Waals surface area contributed by atoms with Gasteiger partial charge in [-0.2, -0.15) is 0 Å². The number of carbonyl (C=O) groups excluding carboxylic acids is 2. The van der Waals surface area contributed by atoms with Crippen LogP contribution in [0.3, 0.4) is 0 Å². The van der Waals surface area contributed by atoms with Crippen LogP contribution in [0.5, 0.6) is 0 Å². The molecule has 6 nitrogen and oxygen atoms in total. The molecule has 158 valence electrons. The molecule has 1 aromatic carbocycles. The number of allylic oxidation sites excluding steroid dienone is 3. The van der Waals surface area contributed by atoms with Crippen LogP contribution in [0.15, 0.2) is 60.0 Å². The van der Waals surface area contributed by atoms with Crippen molar-refractivity contribution in [1.29, 1.82) is 0 Å². The molecule has 1 aromatic heterocycles. The lowest BCUT2D eigenvalue weighted by Gasteiger charge is -2.22. The second kappa shape index (κ2) is 9.84. The molecule has 1 aliphatic rings. The van der Waals surface area contributed by atoms with E-state index in [4.69, 9.17) is 0 Å². The van der Waals surface area contributed by atoms with Crippen LogP contribution in [0.1, 0.15) is 28.5 Å². The van der Waals surface area contributed by atoms with Gasteiger partial charge in [0, 0.05) is 18.0 Å². The number of carbonyl (C=O) groups is 2. The Morgan fingerprint density at radius 3 is 2.53 bits per heavy atom. The maximum Gasteiger partial charge on any atom is 0.255 e. The van der Waals surface area contributed by atoms with E-state index in [1.807, 2.05) is 48.7 Å². The maximum absolute atomic E-state index is 12.5. The molecule has 30 heavy (non-hydrogen) atoms. The lowest BCUT2D eigenvalue weighted by molar-refractivity contribution is -0.153. The quantitative estimate of drug-likeness (QED) is 0.565. The SMILES string of the molecule is C=C/C=C(\C)Cc1csc(CNC(=O)[C@H](O)[C@@H](O)C(=O)N2Cc3ccccc3C2)c1. The van der Waals surface area contributed by atoms with Crippen LogP contribution < -0.4 is 5.32 Å². The molecule has 0 spiro atoms. The Morgan fingerprint density at radius 1 is 1.23 bits per heavy atom. The highest BCUT2D eigenvalue weighted by atomic mass is 32.1. The fraction of sp³-hybridized carbons (Fsp3) is 0.304. The van der Waals surface area contributed by atoms with E-state index in [-0.39, 0.29) is 6.54 Å². The van der Waals surface area contributed by atoms with E-state index in [1.165, 1.54) is 21.8 Å². The largest absolute Gasteiger partial charge is 0.380 e. The van der Waals surface area contributed by atoms with Crippen molar-refractivity contribution in [2.45, 2.75) is 45.2 Å². The van der Waals surface area contributed by atoms with Gasteiger partial charge in [-0.3, -0.25) is 9.59 Å². The van der Waals surface area contributed by atoms with Gasteiger partial charge in [0.25, 0.3) is 11.8 Å². The molecule has 0 unspecified atom stereocenters. The number of aliphatic hydroxyl groups is 2. The van der Waals surface area contributed by atoms with E-state index in [2.05, 4.69) is 11.9 Å². The predicted octanol–water partition coefficient (Wildman–Crippen LogP) is 2.30. The van der Waals surface area contributed by atoms with Gasteiger partial charge in [-0.05, 0) is 41.5 Å². The first-order valence-corrected chi connectivity index (χ1v) is 10.6. The fourth-order valence-electron chi connectivity index (χ4n) is 3.43. The van der Waals surface area contributed by atoms with Crippen molar-refractivity contribution < 1.29 is 19.8 Å². The Hall–Kier alpha value is -2.74. The number of amides is 2. The minimum Gasteiger partial charge on any atom is -0.380 e. The van der Waals surface area contributed by atoms with E-state index in [9.17, 15) is 19.8 Å². The van der Waals surface area contributed by atoms with Crippen molar-refractivity contribution in [2.75, 3.05) is 0 Å². The van der Waals surface area contributed by atoms with E-state index in [0.29, 0.717) is 13.1 Å². The van der Waals surface area contributed by atoms with Crippen LogP contribution >= 0.6 is 11.3 Å². The van der Waals surface area contributed by atoms with Gasteiger partial charge in [-0.15, -0.1) is 11.3 Å². The number of hydrogen-bond donors (Lipinski definition) is 3. The first-order chi connectivity index (χ1) is 14.4. The Bertz CT molecular complexity index is 941. The number of benzene rings is 1. The third-order valence-corrected chi connectivity index (χ3v) is 5.99. The molecule has 0 aliphatic carbocycles. The van der Waals surface area contributed by atoms with Crippen LogP contribution in [-0.2, 0) is 35.6 Å². The molecular weight excluding hydrogens is 400 g/mol. The Kier molecular flexibility index (Phi) is 7.20. The number of thiophene rings is 1. The van der Waals surface area contributed by atoms with Crippen molar-refractivity contribution in [2.24, 2.45) is 0 Å². The lowest BCUT2D eigenvalue weighted by atomic mass is 10.1. The molecule has 0 saturated heterocycles. The van der Waals surface area contributed by atoms with E-state index >= 15 is 0 Å². The highest BCUT2D eigenvalue weighted by Crippen LogP contribution is 2.23. The van der Waals surface area contributed by atoms with Crippen LogP contribution in [0.25, 0.3) is 0 Å². The second-order valence-electron chi connectivity index (χ2n) is 7.42. The average Bonchev–Trinajstić information content (AvgIpc) is 3.37. The van der Waals surface area contributed by atoms with Crippen molar-refractivity contribution in [3.8, 4) is 0 Å². The summed E-state index contributed by atoms with van der Waals surface area (Å²) in [6.07, 6.45) is 0.873. The number of aliphatic hydroxyl groups excluding tert-OH is 2. The summed E-state index contributed by atoms with van der Waals surface area (Å²) in [5.74, 6) is -1.43. The molecular formula is C23H26N2O4S. The molecule has 1 aliphatic heterocycles. The summed E-state index contributed by atoms with van der Waals surface area (Å²) < 4.78 is 0. The zero-order valence-corrected chi connectivity index (χ0v) is 17.7. The Labute approximate surface area is 180 Å². The molecule has 2 amide bonds. The van der Waals surface area contributed by atoms with Gasteiger partial charge in [-0.1, -0.05) is 48.6 Å². The average molecular weight is 427 g/mol. The topological polar surface area (TPSA) is 89.9 Å². The van der Waals surface area contributed by atoms with Gasteiger partial charge in [0.15, 0.2) is 12.2 Å². The van der Waals surface area contributed by atoms with Gasteiger partial charge >= 0.3 is 0 Å². The third kappa shape index (κ3) is 5.24. The summed E-state index contributed by atoms with van der Waals surface area (Å²) in [7, 11) is 0. The van der Waals surface area contributed by atoms with Crippen molar-refractivity contribution in [1.82, 2.24) is 10.2 Å². The maximum atomic E-state index is 12.5. The molecule has 0 radical (unpaired) electrons. The number of fused-ring (bicyclic) bond motifs is 1. The fourth-order valence-corrected chi connectivity index (χ4v) is 4.26. The van der Waals surface area contributed by atoms with Crippen LogP contribution in [0, 0.1) is 0 Å². The van der Waals surface area contributed by atoms with Gasteiger partial charge in [0.2, 0.25) is 0 Å². The number of rotatable bonds is 8. The highest BCUT2D eigenvalue weighted by molar-refractivity contribution is 7.10. The molecule has 0 saturated carbocycles. The number of nitrogens with zero attached hydrogens (tertiary/aromatic N) is 1. The minimum atomic E-state index is -1.82. The van der Waals surface area contributed by atoms with E-state index in [1.54, 1.807) is 6.08 Å². The highest BCUT2D eigenvalue weighted by Gasteiger charge is 2.35. The second-order valence-corrected chi connectivity index (χ2v) is 8.41. The Balaban J connectivity index is 1.51. The first kappa shape index (κ1) is 22.0. The molecule has 2 heterocycles. The minimum absolute atomic E-state index is 0.223. The summed E-state index contributed by atoms with van der Waals surface area (Å²) in [6, 6.07) is 9.60. The molecule has 0 bridgehead atoms. The molecule has 2 atom stereocenters. The number of hydrogen-bond acceptors (Lipinski definition) is 5. The molecule has 3 N–H and O–H groups in total. The normalized spacial score (nSPS) is 15.4. The van der Waals surface area contributed by atoms with Gasteiger partial charge in [0.1, 0.15) is 0 Å². The van der Waals surface area contributed by atoms with E-state index in [0.717, 1.165) is 28.0 Å². The summed E-state index contributed by atoms with van der Waals surface area (Å²) in [5, 5.41) is 25.0. The van der Waals surface area contributed by atoms with Crippen molar-refractivity contribution in [3.05, 3.63) is 81.6 Å². The Morgan fingerprint density at radius 2 is 1.90 bits per heavy atom. The molecule has 3 rings (SSSR count).